The first-order valence-corrected chi connectivity index (χ1v) is 7.48. The van der Waals surface area contributed by atoms with Crippen LogP contribution in [-0.4, -0.2) is 20.2 Å². The molecule has 6 heteroatoms. The molecule has 0 fully saturated rings. The van der Waals surface area contributed by atoms with E-state index in [9.17, 15) is 0 Å². The summed E-state index contributed by atoms with van der Waals surface area (Å²) in [6.45, 7) is 0. The van der Waals surface area contributed by atoms with Crippen LogP contribution in [0.4, 0.5) is 11.8 Å². The Balaban J connectivity index is 1.59. The largest absolute Gasteiger partial charge is 0.368 e. The molecule has 1 atom stereocenters. The van der Waals surface area contributed by atoms with Gasteiger partial charge in [-0.1, -0.05) is 12.2 Å². The highest BCUT2D eigenvalue weighted by molar-refractivity contribution is 8.00. The van der Waals surface area contributed by atoms with Gasteiger partial charge in [-0.25, -0.2) is 4.98 Å². The van der Waals surface area contributed by atoms with E-state index in [2.05, 4.69) is 38.5 Å². The van der Waals surface area contributed by atoms with Crippen molar-refractivity contribution >= 4 is 23.5 Å². The molecule has 2 heterocycles. The van der Waals surface area contributed by atoms with Gasteiger partial charge in [-0.2, -0.15) is 4.98 Å². The van der Waals surface area contributed by atoms with Crippen LogP contribution in [-0.2, 0) is 0 Å². The van der Waals surface area contributed by atoms with E-state index >= 15 is 0 Å². The van der Waals surface area contributed by atoms with Crippen LogP contribution in [0.25, 0.3) is 0 Å². The second-order valence-corrected chi connectivity index (χ2v) is 5.83. The van der Waals surface area contributed by atoms with Gasteiger partial charge in [0, 0.05) is 34.4 Å². The van der Waals surface area contributed by atoms with Crippen LogP contribution in [0.1, 0.15) is 6.42 Å². The third-order valence-corrected chi connectivity index (χ3v) is 4.14. The Kier molecular flexibility index (Phi) is 4.16. The Labute approximate surface area is 127 Å². The van der Waals surface area contributed by atoms with Crippen LogP contribution in [0.3, 0.4) is 0 Å². The molecule has 0 spiro atoms. The fourth-order valence-electron chi connectivity index (χ4n) is 1.96. The van der Waals surface area contributed by atoms with Crippen LogP contribution in [0.15, 0.2) is 65.6 Å². The number of anilines is 2. The zero-order valence-electron chi connectivity index (χ0n) is 11.3. The summed E-state index contributed by atoms with van der Waals surface area (Å²) in [7, 11) is 0. The highest BCUT2D eigenvalue weighted by atomic mass is 32.2. The van der Waals surface area contributed by atoms with Crippen molar-refractivity contribution in [1.29, 1.82) is 0 Å². The smallest absolute Gasteiger partial charge is 0.221 e. The molecule has 0 amide bonds. The molecule has 0 aliphatic heterocycles. The van der Waals surface area contributed by atoms with Crippen molar-refractivity contribution in [2.45, 2.75) is 16.6 Å². The summed E-state index contributed by atoms with van der Waals surface area (Å²) in [6.07, 6.45) is 12.7. The Morgan fingerprint density at radius 1 is 1.19 bits per heavy atom. The quantitative estimate of drug-likeness (QED) is 0.903. The van der Waals surface area contributed by atoms with Gasteiger partial charge in [0.1, 0.15) is 5.82 Å². The van der Waals surface area contributed by atoms with E-state index in [-0.39, 0.29) is 5.95 Å². The maximum atomic E-state index is 5.56. The SMILES string of the molecule is Nc1nccc(NC2=CCC(Sc3ccncc3)C=C2)n1. The van der Waals surface area contributed by atoms with E-state index in [1.54, 1.807) is 12.3 Å². The van der Waals surface area contributed by atoms with E-state index < -0.39 is 0 Å². The number of nitrogen functional groups attached to an aromatic ring is 1. The third kappa shape index (κ3) is 3.82. The van der Waals surface area contributed by atoms with Gasteiger partial charge in [-0.3, -0.25) is 4.98 Å². The van der Waals surface area contributed by atoms with E-state index in [4.69, 9.17) is 5.73 Å². The number of pyridine rings is 1. The number of nitrogens with one attached hydrogen (secondary N) is 1. The summed E-state index contributed by atoms with van der Waals surface area (Å²) in [4.78, 5) is 13.3. The molecule has 5 nitrogen and oxygen atoms in total. The van der Waals surface area contributed by atoms with Crippen LogP contribution in [0.5, 0.6) is 0 Å². The maximum Gasteiger partial charge on any atom is 0.221 e. The van der Waals surface area contributed by atoms with Crippen LogP contribution < -0.4 is 11.1 Å². The molecule has 0 saturated heterocycles. The topological polar surface area (TPSA) is 76.7 Å². The second-order valence-electron chi connectivity index (χ2n) is 4.52. The van der Waals surface area contributed by atoms with Crippen molar-refractivity contribution in [2.75, 3.05) is 11.1 Å². The number of nitrogens with zero attached hydrogens (tertiary/aromatic N) is 3. The van der Waals surface area contributed by atoms with E-state index in [0.717, 1.165) is 12.1 Å². The molecule has 3 rings (SSSR count). The summed E-state index contributed by atoms with van der Waals surface area (Å²) in [5.41, 5.74) is 6.59. The number of aromatic nitrogens is 3. The Bertz CT molecular complexity index is 669. The lowest BCUT2D eigenvalue weighted by Gasteiger charge is -2.16. The summed E-state index contributed by atoms with van der Waals surface area (Å²) < 4.78 is 0. The average molecular weight is 297 g/mol. The molecule has 1 aliphatic carbocycles. The zero-order valence-corrected chi connectivity index (χ0v) is 12.1. The Morgan fingerprint density at radius 2 is 2.05 bits per heavy atom. The van der Waals surface area contributed by atoms with Gasteiger partial charge in [0.2, 0.25) is 5.95 Å². The van der Waals surface area contributed by atoms with E-state index in [0.29, 0.717) is 11.1 Å². The van der Waals surface area contributed by atoms with Crippen molar-refractivity contribution in [1.82, 2.24) is 15.0 Å². The average Bonchev–Trinajstić information content (AvgIpc) is 2.50. The number of rotatable bonds is 4. The standard InChI is InChI=1S/C15H15N5S/c16-15-18-10-7-14(20-15)19-11-1-3-12(4-2-11)21-13-5-8-17-9-6-13/h1-3,5-10,12H,4H2,(H3,16,18,19,20). The minimum Gasteiger partial charge on any atom is -0.368 e. The molecule has 1 aliphatic rings. The van der Waals surface area contributed by atoms with Gasteiger partial charge >= 0.3 is 0 Å². The number of nitrogens with two attached hydrogens (primary N) is 1. The van der Waals surface area contributed by atoms with E-state index in [1.165, 1.54) is 4.90 Å². The molecule has 2 aromatic heterocycles. The molecule has 0 saturated carbocycles. The fraction of sp³-hybridized carbons (Fsp3) is 0.133. The van der Waals surface area contributed by atoms with Gasteiger partial charge in [0.05, 0.1) is 0 Å². The normalized spacial score (nSPS) is 17.3. The summed E-state index contributed by atoms with van der Waals surface area (Å²) in [5, 5.41) is 3.67. The van der Waals surface area contributed by atoms with Crippen molar-refractivity contribution < 1.29 is 0 Å². The first-order chi connectivity index (χ1) is 10.3. The van der Waals surface area contributed by atoms with Crippen LogP contribution in [0, 0.1) is 0 Å². The fourth-order valence-corrected chi connectivity index (χ4v) is 2.94. The van der Waals surface area contributed by atoms with Crippen LogP contribution in [0.2, 0.25) is 0 Å². The summed E-state index contributed by atoms with van der Waals surface area (Å²) in [5.74, 6) is 0.977. The monoisotopic (exact) mass is 297 g/mol. The van der Waals surface area contributed by atoms with E-state index in [1.807, 2.05) is 36.3 Å². The van der Waals surface area contributed by atoms with Gasteiger partial charge in [0.25, 0.3) is 0 Å². The first-order valence-electron chi connectivity index (χ1n) is 6.60. The van der Waals surface area contributed by atoms with Crippen molar-refractivity contribution in [2.24, 2.45) is 0 Å². The molecule has 0 radical (unpaired) electrons. The Morgan fingerprint density at radius 3 is 2.76 bits per heavy atom. The minimum absolute atomic E-state index is 0.270. The highest BCUT2D eigenvalue weighted by Crippen LogP contribution is 2.29. The van der Waals surface area contributed by atoms with Crippen molar-refractivity contribution in [3.8, 4) is 0 Å². The second kappa shape index (κ2) is 6.41. The minimum atomic E-state index is 0.270. The highest BCUT2D eigenvalue weighted by Gasteiger charge is 2.10. The van der Waals surface area contributed by atoms with Gasteiger partial charge < -0.3 is 11.1 Å². The molecule has 21 heavy (non-hydrogen) atoms. The van der Waals surface area contributed by atoms with Crippen molar-refractivity contribution in [3.63, 3.8) is 0 Å². The predicted octanol–water partition coefficient (Wildman–Crippen LogP) is 2.87. The lowest BCUT2D eigenvalue weighted by atomic mass is 10.1. The molecular weight excluding hydrogens is 282 g/mol. The Hall–Kier alpha value is -2.34. The molecule has 1 unspecified atom stereocenters. The van der Waals surface area contributed by atoms with Gasteiger partial charge in [0.15, 0.2) is 0 Å². The predicted molar refractivity (Wildman–Crippen MR) is 85.8 cm³/mol. The lowest BCUT2D eigenvalue weighted by molar-refractivity contribution is 1.03. The molecule has 0 bridgehead atoms. The summed E-state index contributed by atoms with van der Waals surface area (Å²) in [6, 6.07) is 5.85. The molecule has 2 aromatic rings. The van der Waals surface area contributed by atoms with Gasteiger partial charge in [-0.05, 0) is 30.7 Å². The zero-order chi connectivity index (χ0) is 14.5. The number of allylic oxidation sites excluding steroid dienone is 2. The molecule has 3 N–H and O–H groups in total. The number of hydrogen-bond acceptors (Lipinski definition) is 6. The first kappa shape index (κ1) is 13.6. The van der Waals surface area contributed by atoms with Crippen molar-refractivity contribution in [3.05, 3.63) is 60.7 Å². The number of thioether (sulfide) groups is 1. The van der Waals surface area contributed by atoms with Gasteiger partial charge in [-0.15, -0.1) is 11.8 Å². The maximum absolute atomic E-state index is 5.56. The lowest BCUT2D eigenvalue weighted by Crippen LogP contribution is -2.08. The summed E-state index contributed by atoms with van der Waals surface area (Å²) >= 11 is 1.83. The molecular formula is C15H15N5S. The molecule has 0 aromatic carbocycles. The third-order valence-electron chi connectivity index (χ3n) is 2.94. The van der Waals surface area contributed by atoms with Crippen LogP contribution >= 0.6 is 11.8 Å². The number of hydrogen-bond donors (Lipinski definition) is 2. The molecule has 106 valence electrons.